The molecule has 0 bridgehead atoms. The molecule has 1 aromatic heterocycles. The minimum atomic E-state index is -0.456. The first-order valence-electron chi connectivity index (χ1n) is 10.2. The van der Waals surface area contributed by atoms with Crippen molar-refractivity contribution in [3.63, 3.8) is 0 Å². The van der Waals surface area contributed by atoms with Crippen LogP contribution in [0.25, 0.3) is 16.5 Å². The summed E-state index contributed by atoms with van der Waals surface area (Å²) < 4.78 is 2.21. The molecule has 0 aliphatic rings. The number of aryl methyl sites for hydroxylation is 3. The maximum atomic E-state index is 12.6. The van der Waals surface area contributed by atoms with Gasteiger partial charge in [0.2, 0.25) is 0 Å². The van der Waals surface area contributed by atoms with Crippen molar-refractivity contribution in [2.75, 3.05) is 0 Å². The molecule has 3 aromatic carbocycles. The number of hydrogen-bond donors (Lipinski definition) is 2. The second kappa shape index (κ2) is 8.11. The Balaban J connectivity index is 1.59. The Morgan fingerprint density at radius 1 is 0.935 bits per heavy atom. The van der Waals surface area contributed by atoms with Crippen molar-refractivity contribution in [3.05, 3.63) is 94.3 Å². The van der Waals surface area contributed by atoms with Crippen molar-refractivity contribution < 1.29 is 9.90 Å². The summed E-state index contributed by atoms with van der Waals surface area (Å²) in [5, 5.41) is 16.1. The molecule has 4 aromatic rings. The molecule has 0 saturated heterocycles. The van der Waals surface area contributed by atoms with E-state index in [1.807, 2.05) is 37.3 Å². The van der Waals surface area contributed by atoms with Crippen LogP contribution in [0.2, 0.25) is 0 Å². The first kappa shape index (κ1) is 20.4. The van der Waals surface area contributed by atoms with E-state index in [1.54, 1.807) is 18.3 Å². The average Bonchev–Trinajstić information content (AvgIpc) is 3.01. The molecule has 4 rings (SSSR count). The lowest BCUT2D eigenvalue weighted by molar-refractivity contribution is 0.0952. The molecule has 2 N–H and O–H groups in total. The molecule has 0 aliphatic heterocycles. The fourth-order valence-electron chi connectivity index (χ4n) is 4.05. The van der Waals surface area contributed by atoms with E-state index >= 15 is 0 Å². The zero-order valence-electron chi connectivity index (χ0n) is 18.1. The Kier molecular flexibility index (Phi) is 5.34. The van der Waals surface area contributed by atoms with E-state index in [4.69, 9.17) is 0 Å². The number of hydrazone groups is 1. The molecule has 1 amide bonds. The number of aromatic hydroxyl groups is 1. The van der Waals surface area contributed by atoms with Gasteiger partial charge < -0.3 is 9.67 Å². The first-order chi connectivity index (χ1) is 14.9. The first-order valence-corrected chi connectivity index (χ1v) is 10.2. The van der Waals surface area contributed by atoms with E-state index in [0.29, 0.717) is 0 Å². The number of fused-ring (bicyclic) bond motifs is 1. The molecule has 5 nitrogen and oxygen atoms in total. The third-order valence-corrected chi connectivity index (χ3v) is 5.61. The van der Waals surface area contributed by atoms with Gasteiger partial charge >= 0.3 is 0 Å². The smallest absolute Gasteiger partial charge is 0.275 e. The van der Waals surface area contributed by atoms with Crippen LogP contribution in [0.3, 0.4) is 0 Å². The molecular weight excluding hydrogens is 386 g/mol. The fourth-order valence-corrected chi connectivity index (χ4v) is 4.05. The van der Waals surface area contributed by atoms with Gasteiger partial charge in [0.1, 0.15) is 5.75 Å². The Labute approximate surface area is 181 Å². The fraction of sp³-hybridized carbons (Fsp3) is 0.154. The van der Waals surface area contributed by atoms with E-state index < -0.39 is 5.91 Å². The van der Waals surface area contributed by atoms with E-state index in [-0.39, 0.29) is 11.3 Å². The molecule has 156 valence electrons. The third kappa shape index (κ3) is 3.82. The third-order valence-electron chi connectivity index (χ3n) is 5.61. The van der Waals surface area contributed by atoms with Crippen LogP contribution >= 0.6 is 0 Å². The Bertz CT molecular complexity index is 1310. The van der Waals surface area contributed by atoms with Crippen molar-refractivity contribution in [3.8, 4) is 11.4 Å². The summed E-state index contributed by atoms with van der Waals surface area (Å²) in [5.74, 6) is -0.525. The molecule has 0 fully saturated rings. The second-order valence-corrected chi connectivity index (χ2v) is 7.82. The number of hydrogen-bond acceptors (Lipinski definition) is 3. The minimum absolute atomic E-state index is 0.0698. The van der Waals surface area contributed by atoms with Crippen LogP contribution in [0.4, 0.5) is 0 Å². The number of phenols is 1. The number of carbonyl (C=O) groups excluding carboxylic acids is 1. The molecule has 0 saturated carbocycles. The van der Waals surface area contributed by atoms with Crippen LogP contribution < -0.4 is 5.43 Å². The Morgan fingerprint density at radius 3 is 2.26 bits per heavy atom. The topological polar surface area (TPSA) is 66.6 Å². The number of carbonyl (C=O) groups is 1. The summed E-state index contributed by atoms with van der Waals surface area (Å²) in [6.07, 6.45) is 1.64. The molecule has 1 heterocycles. The lowest BCUT2D eigenvalue weighted by atomic mass is 10.1. The van der Waals surface area contributed by atoms with Gasteiger partial charge in [-0.05, 0) is 67.8 Å². The largest absolute Gasteiger partial charge is 0.507 e. The number of amides is 1. The molecule has 0 radical (unpaired) electrons. The lowest BCUT2D eigenvalue weighted by Crippen LogP contribution is -2.17. The van der Waals surface area contributed by atoms with E-state index in [0.717, 1.165) is 27.7 Å². The molecular formula is C26H25N3O2. The second-order valence-electron chi connectivity index (χ2n) is 7.82. The summed E-state index contributed by atoms with van der Waals surface area (Å²) in [4.78, 5) is 12.6. The number of rotatable bonds is 4. The van der Waals surface area contributed by atoms with Crippen molar-refractivity contribution in [2.24, 2.45) is 5.10 Å². The lowest BCUT2D eigenvalue weighted by Gasteiger charge is -2.15. The highest BCUT2D eigenvalue weighted by atomic mass is 16.3. The molecule has 0 atom stereocenters. The maximum Gasteiger partial charge on any atom is 0.275 e. The number of nitrogens with zero attached hydrogens (tertiary/aromatic N) is 2. The van der Waals surface area contributed by atoms with Gasteiger partial charge in [-0.3, -0.25) is 4.79 Å². The van der Waals surface area contributed by atoms with E-state index in [2.05, 4.69) is 54.1 Å². The zero-order valence-corrected chi connectivity index (χ0v) is 18.1. The molecule has 0 unspecified atom stereocenters. The predicted octanol–water partition coefficient (Wildman–Crippen LogP) is 5.33. The minimum Gasteiger partial charge on any atom is -0.507 e. The summed E-state index contributed by atoms with van der Waals surface area (Å²) in [5.41, 5.74) is 9.35. The summed E-state index contributed by atoms with van der Waals surface area (Å²) in [6, 6.07) is 19.1. The quantitative estimate of drug-likeness (QED) is 0.352. The number of aromatic nitrogens is 1. The van der Waals surface area contributed by atoms with Crippen LogP contribution in [-0.2, 0) is 0 Å². The number of nitrogens with one attached hydrogen (secondary N) is 1. The highest BCUT2D eigenvalue weighted by molar-refractivity contribution is 6.01. The number of benzene rings is 3. The van der Waals surface area contributed by atoms with Crippen LogP contribution in [-0.4, -0.2) is 21.8 Å². The van der Waals surface area contributed by atoms with Gasteiger partial charge in [-0.25, -0.2) is 5.43 Å². The average molecular weight is 412 g/mol. The van der Waals surface area contributed by atoms with Gasteiger partial charge in [0.05, 0.1) is 17.5 Å². The number of para-hydroxylation sites is 1. The summed E-state index contributed by atoms with van der Waals surface area (Å²) in [7, 11) is 0. The van der Waals surface area contributed by atoms with Crippen LogP contribution in [0, 0.1) is 27.7 Å². The molecule has 0 spiro atoms. The predicted molar refractivity (Wildman–Crippen MR) is 125 cm³/mol. The van der Waals surface area contributed by atoms with Crippen molar-refractivity contribution in [2.45, 2.75) is 27.7 Å². The van der Waals surface area contributed by atoms with E-state index in [9.17, 15) is 9.90 Å². The number of phenolic OH excluding ortho intramolecular Hbond substituents is 1. The van der Waals surface area contributed by atoms with Crippen molar-refractivity contribution in [1.82, 2.24) is 9.99 Å². The highest BCUT2D eigenvalue weighted by Crippen LogP contribution is 2.26. The SMILES string of the molecule is Cc1cccc(C)c1-n1c(C)cc(/C=N\NC(=O)c2cc3ccccc3cc2O)c1C. The molecule has 5 heteroatoms. The Morgan fingerprint density at radius 2 is 1.58 bits per heavy atom. The van der Waals surface area contributed by atoms with Crippen molar-refractivity contribution >= 4 is 22.9 Å². The normalized spacial score (nSPS) is 11.4. The maximum absolute atomic E-state index is 12.6. The van der Waals surface area contributed by atoms with Crippen molar-refractivity contribution in [1.29, 1.82) is 0 Å². The standard InChI is InChI=1S/C26H25N3O2/c1-16-8-7-9-17(2)25(16)29-18(3)12-22(19(29)4)15-27-28-26(31)23-13-20-10-5-6-11-21(20)14-24(23)30/h5-15,30H,1-4H3,(H,28,31)/b27-15-. The van der Waals surface area contributed by atoms with Gasteiger partial charge in [-0.15, -0.1) is 0 Å². The highest BCUT2D eigenvalue weighted by Gasteiger charge is 2.14. The van der Waals surface area contributed by atoms with Gasteiger partial charge in [0.25, 0.3) is 5.91 Å². The summed E-state index contributed by atoms with van der Waals surface area (Å²) >= 11 is 0. The monoisotopic (exact) mass is 411 g/mol. The van der Waals surface area contributed by atoms with Gasteiger partial charge in [0.15, 0.2) is 0 Å². The van der Waals surface area contributed by atoms with Crippen LogP contribution in [0.5, 0.6) is 5.75 Å². The molecule has 0 aliphatic carbocycles. The van der Waals surface area contributed by atoms with E-state index in [1.165, 1.54) is 16.8 Å². The van der Waals surface area contributed by atoms with Crippen LogP contribution in [0.15, 0.2) is 65.8 Å². The van der Waals surface area contributed by atoms with Gasteiger partial charge in [0, 0.05) is 17.0 Å². The van der Waals surface area contributed by atoms with Gasteiger partial charge in [-0.1, -0.05) is 42.5 Å². The zero-order chi connectivity index (χ0) is 22.1. The Hall–Kier alpha value is -3.86. The van der Waals surface area contributed by atoms with Gasteiger partial charge in [-0.2, -0.15) is 5.10 Å². The molecule has 31 heavy (non-hydrogen) atoms. The summed E-state index contributed by atoms with van der Waals surface area (Å²) in [6.45, 7) is 8.30. The van der Waals surface area contributed by atoms with Crippen LogP contribution in [0.1, 0.15) is 38.4 Å².